The van der Waals surface area contributed by atoms with Gasteiger partial charge in [-0.1, -0.05) is 26.2 Å². The van der Waals surface area contributed by atoms with Crippen molar-refractivity contribution in [2.24, 2.45) is 5.92 Å². The van der Waals surface area contributed by atoms with Crippen molar-refractivity contribution in [3.8, 4) is 5.88 Å². The minimum absolute atomic E-state index is 0.635. The van der Waals surface area contributed by atoms with Crippen LogP contribution in [-0.4, -0.2) is 27.5 Å². The first kappa shape index (κ1) is 13.2. The maximum Gasteiger partial charge on any atom is 0.260 e. The molecule has 108 valence electrons. The Labute approximate surface area is 119 Å². The van der Waals surface area contributed by atoms with Crippen LogP contribution in [0.1, 0.15) is 39.0 Å². The van der Waals surface area contributed by atoms with Gasteiger partial charge >= 0.3 is 0 Å². The highest BCUT2D eigenvalue weighted by Crippen LogP contribution is 2.29. The summed E-state index contributed by atoms with van der Waals surface area (Å²) in [5.41, 5.74) is 0.792. The summed E-state index contributed by atoms with van der Waals surface area (Å²) in [6.45, 7) is 3.78. The van der Waals surface area contributed by atoms with Crippen LogP contribution >= 0.6 is 0 Å². The van der Waals surface area contributed by atoms with Crippen molar-refractivity contribution in [1.82, 2.24) is 14.4 Å². The molecule has 2 aromatic rings. The highest BCUT2D eigenvalue weighted by atomic mass is 16.5. The van der Waals surface area contributed by atoms with E-state index in [1.165, 1.54) is 19.3 Å². The van der Waals surface area contributed by atoms with E-state index in [4.69, 9.17) is 4.74 Å². The molecule has 20 heavy (non-hydrogen) atoms. The maximum absolute atomic E-state index is 5.87. The quantitative estimate of drug-likeness (QED) is 0.843. The van der Waals surface area contributed by atoms with Gasteiger partial charge in [-0.2, -0.15) is 4.98 Å². The van der Waals surface area contributed by atoms with Crippen molar-refractivity contribution in [3.63, 3.8) is 0 Å². The Morgan fingerprint density at radius 1 is 1.45 bits per heavy atom. The number of hydrogen-bond acceptors (Lipinski definition) is 4. The third kappa shape index (κ3) is 2.86. The highest BCUT2D eigenvalue weighted by molar-refractivity contribution is 5.53. The van der Waals surface area contributed by atoms with Gasteiger partial charge in [0.1, 0.15) is 5.82 Å². The summed E-state index contributed by atoms with van der Waals surface area (Å²) in [4.78, 5) is 8.85. The molecule has 0 spiro atoms. The van der Waals surface area contributed by atoms with E-state index in [1.54, 1.807) is 6.20 Å². The Bertz CT molecular complexity index is 562. The summed E-state index contributed by atoms with van der Waals surface area (Å²) in [5, 5.41) is 3.30. The normalized spacial score (nSPS) is 15.2. The molecule has 0 radical (unpaired) electrons. The molecule has 1 saturated carbocycles. The number of nitrogens with one attached hydrogen (secondary N) is 1. The second kappa shape index (κ2) is 6.11. The summed E-state index contributed by atoms with van der Waals surface area (Å²) in [5.74, 6) is 2.33. The molecule has 1 aliphatic rings. The molecule has 0 atom stereocenters. The monoisotopic (exact) mass is 274 g/mol. The van der Waals surface area contributed by atoms with Gasteiger partial charge in [0.25, 0.3) is 5.88 Å². The second-order valence-electron chi connectivity index (χ2n) is 5.45. The zero-order valence-electron chi connectivity index (χ0n) is 12.0. The molecular formula is C15H22N4O. The van der Waals surface area contributed by atoms with Crippen LogP contribution in [-0.2, 0) is 0 Å². The van der Waals surface area contributed by atoms with Gasteiger partial charge in [-0.25, -0.2) is 4.98 Å². The lowest BCUT2D eigenvalue weighted by Gasteiger charge is -2.24. The minimum Gasteiger partial charge on any atom is -0.475 e. The number of imidazole rings is 1. The van der Waals surface area contributed by atoms with Gasteiger partial charge in [-0.15, -0.1) is 0 Å². The number of nitrogens with zero attached hydrogens (tertiary/aromatic N) is 3. The van der Waals surface area contributed by atoms with Crippen LogP contribution in [0, 0.1) is 5.92 Å². The van der Waals surface area contributed by atoms with Crippen LogP contribution in [0.5, 0.6) is 5.88 Å². The molecule has 1 aliphatic carbocycles. The Hall–Kier alpha value is -1.78. The van der Waals surface area contributed by atoms with E-state index in [0.717, 1.165) is 43.4 Å². The molecule has 5 heteroatoms. The first-order valence-electron chi connectivity index (χ1n) is 7.57. The predicted molar refractivity (Wildman–Crippen MR) is 79.2 cm³/mol. The molecule has 0 aliphatic heterocycles. The van der Waals surface area contributed by atoms with Crippen LogP contribution in [0.25, 0.3) is 5.65 Å². The molecule has 0 saturated heterocycles. The molecule has 3 rings (SSSR count). The topological polar surface area (TPSA) is 51.5 Å². The van der Waals surface area contributed by atoms with E-state index in [0.29, 0.717) is 5.88 Å². The van der Waals surface area contributed by atoms with Crippen LogP contribution < -0.4 is 10.1 Å². The maximum atomic E-state index is 5.87. The fourth-order valence-electron chi connectivity index (χ4n) is 2.44. The van der Waals surface area contributed by atoms with Gasteiger partial charge < -0.3 is 10.1 Å². The number of rotatable bonds is 7. The van der Waals surface area contributed by atoms with Gasteiger partial charge in [-0.3, -0.25) is 4.40 Å². The number of anilines is 1. The van der Waals surface area contributed by atoms with Gasteiger partial charge in [0, 0.05) is 18.9 Å². The summed E-state index contributed by atoms with van der Waals surface area (Å²) >= 11 is 0. The summed E-state index contributed by atoms with van der Waals surface area (Å²) < 4.78 is 7.83. The predicted octanol–water partition coefficient (Wildman–Crippen LogP) is 3.12. The van der Waals surface area contributed by atoms with Gasteiger partial charge in [0.15, 0.2) is 0 Å². The van der Waals surface area contributed by atoms with E-state index < -0.39 is 0 Å². The minimum atomic E-state index is 0.635. The Morgan fingerprint density at radius 3 is 3.10 bits per heavy atom. The Kier molecular flexibility index (Phi) is 4.04. The summed E-state index contributed by atoms with van der Waals surface area (Å²) in [6, 6.07) is 0. The molecule has 5 nitrogen and oxygen atoms in total. The van der Waals surface area contributed by atoms with Crippen molar-refractivity contribution < 1.29 is 4.74 Å². The number of ether oxygens (including phenoxy) is 1. The summed E-state index contributed by atoms with van der Waals surface area (Å²) in [7, 11) is 0. The van der Waals surface area contributed by atoms with Crippen LogP contribution in [0.2, 0.25) is 0 Å². The molecule has 1 fully saturated rings. The van der Waals surface area contributed by atoms with E-state index in [-0.39, 0.29) is 0 Å². The zero-order chi connectivity index (χ0) is 13.8. The van der Waals surface area contributed by atoms with Crippen LogP contribution in [0.3, 0.4) is 0 Å². The molecule has 2 heterocycles. The fraction of sp³-hybridized carbons (Fsp3) is 0.600. The molecule has 2 aromatic heterocycles. The second-order valence-corrected chi connectivity index (χ2v) is 5.45. The average Bonchev–Trinajstić information content (AvgIpc) is 2.87. The Morgan fingerprint density at radius 2 is 2.35 bits per heavy atom. The van der Waals surface area contributed by atoms with Gasteiger partial charge in [0.2, 0.25) is 5.65 Å². The molecule has 0 amide bonds. The number of aromatic nitrogens is 3. The lowest BCUT2D eigenvalue weighted by molar-refractivity contribution is 0.218. The van der Waals surface area contributed by atoms with Crippen molar-refractivity contribution in [2.45, 2.75) is 39.0 Å². The first-order chi connectivity index (χ1) is 9.86. The molecule has 0 unspecified atom stereocenters. The standard InChI is InChI=1S/C15H22N4O/c1-2-7-16-13-11-19-9-8-17-14(19)15(18-13)20-10-6-12-4-3-5-12/h8-9,11-12,16H,2-7,10H2,1H3. The largest absolute Gasteiger partial charge is 0.475 e. The molecule has 0 aromatic carbocycles. The lowest BCUT2D eigenvalue weighted by atomic mass is 9.83. The Balaban J connectivity index is 1.70. The van der Waals surface area contributed by atoms with Crippen molar-refractivity contribution in [3.05, 3.63) is 18.6 Å². The highest BCUT2D eigenvalue weighted by Gasteiger charge is 2.17. The number of hydrogen-bond donors (Lipinski definition) is 1. The molecular weight excluding hydrogens is 252 g/mol. The van der Waals surface area contributed by atoms with Crippen LogP contribution in [0.15, 0.2) is 18.6 Å². The third-order valence-corrected chi connectivity index (χ3v) is 3.89. The first-order valence-corrected chi connectivity index (χ1v) is 7.57. The van der Waals surface area contributed by atoms with Crippen molar-refractivity contribution in [2.75, 3.05) is 18.5 Å². The zero-order valence-corrected chi connectivity index (χ0v) is 12.0. The fourth-order valence-corrected chi connectivity index (χ4v) is 2.44. The molecule has 1 N–H and O–H groups in total. The van der Waals surface area contributed by atoms with Crippen LogP contribution in [0.4, 0.5) is 5.82 Å². The van der Waals surface area contributed by atoms with Gasteiger partial charge in [-0.05, 0) is 18.8 Å². The van der Waals surface area contributed by atoms with E-state index in [2.05, 4.69) is 22.2 Å². The lowest BCUT2D eigenvalue weighted by Crippen LogP contribution is -2.15. The van der Waals surface area contributed by atoms with E-state index >= 15 is 0 Å². The van der Waals surface area contributed by atoms with E-state index in [9.17, 15) is 0 Å². The van der Waals surface area contributed by atoms with Crippen molar-refractivity contribution >= 4 is 11.5 Å². The molecule has 0 bridgehead atoms. The third-order valence-electron chi connectivity index (χ3n) is 3.89. The smallest absolute Gasteiger partial charge is 0.260 e. The van der Waals surface area contributed by atoms with Crippen molar-refractivity contribution in [1.29, 1.82) is 0 Å². The number of fused-ring (bicyclic) bond motifs is 1. The SMILES string of the molecule is CCCNc1cn2ccnc2c(OCCC2CCC2)n1. The van der Waals surface area contributed by atoms with E-state index in [1.807, 2.05) is 16.8 Å². The summed E-state index contributed by atoms with van der Waals surface area (Å²) in [6.07, 6.45) is 11.9. The average molecular weight is 274 g/mol. The van der Waals surface area contributed by atoms with Gasteiger partial charge in [0.05, 0.1) is 12.8 Å².